The number of imidazole rings is 1. The molecule has 1 aliphatic heterocycles. The first-order chi connectivity index (χ1) is 15.9. The van der Waals surface area contributed by atoms with Crippen molar-refractivity contribution in [2.45, 2.75) is 73.6 Å². The predicted molar refractivity (Wildman–Crippen MR) is 134 cm³/mol. The van der Waals surface area contributed by atoms with Gasteiger partial charge in [0.15, 0.2) is 5.65 Å². The molecule has 176 valence electrons. The molecule has 2 fully saturated rings. The van der Waals surface area contributed by atoms with E-state index >= 15 is 0 Å². The number of piperidine rings is 1. The van der Waals surface area contributed by atoms with Gasteiger partial charge in [0.1, 0.15) is 9.77 Å². The van der Waals surface area contributed by atoms with Gasteiger partial charge in [-0.1, -0.05) is 24.2 Å². The van der Waals surface area contributed by atoms with Gasteiger partial charge in [-0.15, -0.1) is 4.72 Å². The molecule has 0 amide bonds. The van der Waals surface area contributed by atoms with E-state index in [1.807, 2.05) is 57.6 Å². The lowest BCUT2D eigenvalue weighted by molar-refractivity contribution is 0.186. The number of fused-ring (bicyclic) bond motifs is 1. The standard InChI is InChI=1S/C24H32N6OS2/c1-23(2,3)33(31)28-19-7-6-9-24(19)10-14-29(15-11-24)22-27-17-18(21-26-13-16-30(21)22)32-20-8-4-5-12-25-20/h4-5,8,12-13,16-17,19,28H,6-7,9-11,14-15H2,1-3H3/t19-,33-/m1/s1. The third kappa shape index (κ3) is 4.60. The summed E-state index contributed by atoms with van der Waals surface area (Å²) in [7, 11) is 0. The van der Waals surface area contributed by atoms with Crippen LogP contribution in [0.5, 0.6) is 0 Å². The van der Waals surface area contributed by atoms with Crippen LogP contribution in [0.3, 0.4) is 0 Å². The molecular formula is C24H32N6OS2. The van der Waals surface area contributed by atoms with Crippen LogP contribution >= 0.6 is 11.8 Å². The summed E-state index contributed by atoms with van der Waals surface area (Å²) in [6, 6.07) is 6.25. The summed E-state index contributed by atoms with van der Waals surface area (Å²) in [5.74, 6) is 0.948. The van der Waals surface area contributed by atoms with Gasteiger partial charge in [0.25, 0.3) is 0 Å². The molecule has 1 saturated heterocycles. The van der Waals surface area contributed by atoms with Crippen molar-refractivity contribution >= 4 is 34.7 Å². The maximum atomic E-state index is 12.8. The first-order valence-electron chi connectivity index (χ1n) is 11.7. The molecule has 0 unspecified atom stereocenters. The van der Waals surface area contributed by atoms with E-state index in [0.29, 0.717) is 6.04 Å². The fourth-order valence-electron chi connectivity index (χ4n) is 5.09. The minimum absolute atomic E-state index is 0.236. The minimum atomic E-state index is -1.03. The molecule has 1 spiro atoms. The Labute approximate surface area is 203 Å². The van der Waals surface area contributed by atoms with Crippen LogP contribution in [0, 0.1) is 5.41 Å². The van der Waals surface area contributed by atoms with Crippen LogP contribution in [0.25, 0.3) is 5.65 Å². The molecule has 0 bridgehead atoms. The molecule has 2 atom stereocenters. The lowest BCUT2D eigenvalue weighted by Gasteiger charge is -2.44. The number of anilines is 1. The van der Waals surface area contributed by atoms with Gasteiger partial charge in [-0.05, 0) is 64.0 Å². The van der Waals surface area contributed by atoms with E-state index < -0.39 is 11.4 Å². The molecule has 0 radical (unpaired) electrons. The van der Waals surface area contributed by atoms with E-state index in [9.17, 15) is 4.55 Å². The molecule has 3 aromatic rings. The molecule has 7 nitrogen and oxygen atoms in total. The quantitative estimate of drug-likeness (QED) is 0.535. The number of rotatable bonds is 5. The molecule has 3 aromatic heterocycles. The maximum Gasteiger partial charge on any atom is 0.211 e. The summed E-state index contributed by atoms with van der Waals surface area (Å²) < 4.78 is 18.1. The highest BCUT2D eigenvalue weighted by Crippen LogP contribution is 2.47. The SMILES string of the molecule is CC(C)(C)[S@@+]([O-])N[C@@H]1CCCC12CCN(c1ncc(Sc3ccccn3)c3nccn13)CC2. The number of nitrogens with zero attached hydrogens (tertiary/aromatic N) is 5. The van der Waals surface area contributed by atoms with Crippen LogP contribution in [0.4, 0.5) is 5.95 Å². The van der Waals surface area contributed by atoms with Gasteiger partial charge >= 0.3 is 0 Å². The Morgan fingerprint density at radius 1 is 1.12 bits per heavy atom. The Balaban J connectivity index is 1.32. The highest BCUT2D eigenvalue weighted by molar-refractivity contribution is 7.99. The molecule has 1 saturated carbocycles. The van der Waals surface area contributed by atoms with Crippen LogP contribution in [0.15, 0.2) is 52.9 Å². The molecule has 2 aliphatic rings. The third-order valence-corrected chi connectivity index (χ3v) is 9.55. The lowest BCUT2D eigenvalue weighted by Crippen LogP contribution is -2.53. The van der Waals surface area contributed by atoms with Crippen molar-refractivity contribution in [1.29, 1.82) is 0 Å². The van der Waals surface area contributed by atoms with Crippen molar-refractivity contribution in [2.75, 3.05) is 18.0 Å². The van der Waals surface area contributed by atoms with E-state index in [4.69, 9.17) is 4.98 Å². The second kappa shape index (κ2) is 9.09. The van der Waals surface area contributed by atoms with Gasteiger partial charge in [-0.25, -0.2) is 15.0 Å². The smallest absolute Gasteiger partial charge is 0.211 e. The fraction of sp³-hybridized carbons (Fsp3) is 0.542. The van der Waals surface area contributed by atoms with Gasteiger partial charge in [0.2, 0.25) is 5.95 Å². The zero-order chi connectivity index (χ0) is 23.1. The predicted octanol–water partition coefficient (Wildman–Crippen LogP) is 4.47. The number of hydrogen-bond donors (Lipinski definition) is 1. The van der Waals surface area contributed by atoms with Gasteiger partial charge in [0.05, 0.1) is 10.9 Å². The Morgan fingerprint density at radius 3 is 2.67 bits per heavy atom. The van der Waals surface area contributed by atoms with Gasteiger partial charge in [-0.3, -0.25) is 4.40 Å². The summed E-state index contributed by atoms with van der Waals surface area (Å²) in [6.07, 6.45) is 13.3. The van der Waals surface area contributed by atoms with Crippen molar-refractivity contribution in [1.82, 2.24) is 24.1 Å². The zero-order valence-corrected chi connectivity index (χ0v) is 21.2. The van der Waals surface area contributed by atoms with Crippen LogP contribution in [-0.2, 0) is 11.4 Å². The molecule has 0 aromatic carbocycles. The van der Waals surface area contributed by atoms with E-state index in [1.165, 1.54) is 12.8 Å². The Morgan fingerprint density at radius 2 is 1.94 bits per heavy atom. The number of pyridine rings is 1. The molecule has 33 heavy (non-hydrogen) atoms. The summed E-state index contributed by atoms with van der Waals surface area (Å²) in [5.41, 5.74) is 1.15. The number of nitrogens with one attached hydrogen (secondary N) is 1. The zero-order valence-electron chi connectivity index (χ0n) is 19.5. The van der Waals surface area contributed by atoms with Crippen molar-refractivity contribution in [3.8, 4) is 0 Å². The van der Waals surface area contributed by atoms with E-state index in [1.54, 1.807) is 18.0 Å². The normalized spacial score (nSPS) is 21.7. The Hall–Kier alpha value is -1.81. The largest absolute Gasteiger partial charge is 0.598 e. The molecule has 5 rings (SSSR count). The molecule has 4 heterocycles. The highest BCUT2D eigenvalue weighted by Gasteiger charge is 2.48. The molecule has 1 aliphatic carbocycles. The minimum Gasteiger partial charge on any atom is -0.598 e. The van der Waals surface area contributed by atoms with Crippen LogP contribution < -0.4 is 9.62 Å². The fourth-order valence-corrected chi connectivity index (χ4v) is 6.90. The second-order valence-corrected chi connectivity index (χ2v) is 13.2. The van der Waals surface area contributed by atoms with Gasteiger partial charge in [-0.2, -0.15) is 0 Å². The van der Waals surface area contributed by atoms with Crippen molar-refractivity contribution in [2.24, 2.45) is 5.41 Å². The summed E-state index contributed by atoms with van der Waals surface area (Å²) >= 11 is 0.559. The Kier molecular flexibility index (Phi) is 6.32. The summed E-state index contributed by atoms with van der Waals surface area (Å²) in [6.45, 7) is 8.02. The van der Waals surface area contributed by atoms with Crippen LogP contribution in [0.1, 0.15) is 52.9 Å². The monoisotopic (exact) mass is 484 g/mol. The Bertz CT molecular complexity index is 1090. The second-order valence-electron chi connectivity index (χ2n) is 10.1. The first kappa shape index (κ1) is 23.0. The van der Waals surface area contributed by atoms with Crippen LogP contribution in [-0.4, -0.2) is 47.8 Å². The van der Waals surface area contributed by atoms with Crippen molar-refractivity contribution in [3.63, 3.8) is 0 Å². The molecule has 1 N–H and O–H groups in total. The average molecular weight is 485 g/mol. The first-order valence-corrected chi connectivity index (χ1v) is 13.7. The number of hydrogen-bond acceptors (Lipinski definition) is 7. The van der Waals surface area contributed by atoms with E-state index in [0.717, 1.165) is 53.9 Å². The summed E-state index contributed by atoms with van der Waals surface area (Å²) in [5, 5.41) is 0.935. The lowest BCUT2D eigenvalue weighted by atomic mass is 9.74. The van der Waals surface area contributed by atoms with Crippen molar-refractivity contribution in [3.05, 3.63) is 43.0 Å². The topological polar surface area (TPSA) is 81.4 Å². The number of aromatic nitrogens is 4. The third-order valence-electron chi connectivity index (χ3n) is 6.98. The molecule has 9 heteroatoms. The van der Waals surface area contributed by atoms with Gasteiger partial charge in [0, 0.05) is 49.2 Å². The maximum absolute atomic E-state index is 12.8. The average Bonchev–Trinajstić information content (AvgIpc) is 3.43. The van der Waals surface area contributed by atoms with Crippen LogP contribution in [0.2, 0.25) is 0 Å². The van der Waals surface area contributed by atoms with Gasteiger partial charge < -0.3 is 9.45 Å². The van der Waals surface area contributed by atoms with E-state index in [2.05, 4.69) is 24.0 Å². The highest BCUT2D eigenvalue weighted by atomic mass is 32.2. The van der Waals surface area contributed by atoms with E-state index in [-0.39, 0.29) is 10.2 Å². The molecular weight excluding hydrogens is 452 g/mol. The summed E-state index contributed by atoms with van der Waals surface area (Å²) in [4.78, 5) is 17.3. The van der Waals surface area contributed by atoms with Crippen molar-refractivity contribution < 1.29 is 4.55 Å².